The Hall–Kier alpha value is -3.24. The van der Waals surface area contributed by atoms with Gasteiger partial charge in [0, 0.05) is 11.8 Å². The summed E-state index contributed by atoms with van der Waals surface area (Å²) < 4.78 is 72.8. The first-order valence-electron chi connectivity index (χ1n) is 9.82. The van der Waals surface area contributed by atoms with Crippen molar-refractivity contribution in [3.8, 4) is 5.75 Å². The molecule has 1 amide bonds. The molecule has 0 unspecified atom stereocenters. The molecular formula is C23H20ClF3N2O4S. The Morgan fingerprint density at radius 2 is 1.74 bits per heavy atom. The molecule has 0 aliphatic carbocycles. The number of hydrogen-bond acceptors (Lipinski definition) is 4. The van der Waals surface area contributed by atoms with E-state index < -0.39 is 39.2 Å². The molecule has 3 aromatic carbocycles. The van der Waals surface area contributed by atoms with E-state index >= 15 is 0 Å². The first-order valence-corrected chi connectivity index (χ1v) is 11.6. The zero-order valence-electron chi connectivity index (χ0n) is 18.1. The van der Waals surface area contributed by atoms with Crippen molar-refractivity contribution in [2.75, 3.05) is 23.3 Å². The molecule has 180 valence electrons. The van der Waals surface area contributed by atoms with Crippen LogP contribution >= 0.6 is 11.6 Å². The average Bonchev–Trinajstić information content (AvgIpc) is 2.77. The molecule has 3 rings (SSSR count). The van der Waals surface area contributed by atoms with Gasteiger partial charge in [-0.2, -0.15) is 13.2 Å². The van der Waals surface area contributed by atoms with Crippen LogP contribution in [-0.2, 0) is 21.0 Å². The largest absolute Gasteiger partial charge is 0.497 e. The van der Waals surface area contributed by atoms with Crippen molar-refractivity contribution in [1.82, 2.24) is 0 Å². The molecule has 6 nitrogen and oxygen atoms in total. The molecule has 3 aromatic rings. The SMILES string of the molecule is COc1cccc(NC(=O)CN(c2ccc(Cl)c(C(F)(F)F)c2)S(=O)(=O)c2ccc(C)cc2)c1. The maximum atomic E-state index is 13.4. The lowest BCUT2D eigenvalue weighted by Gasteiger charge is -2.25. The summed E-state index contributed by atoms with van der Waals surface area (Å²) in [5.74, 6) is -0.318. The minimum absolute atomic E-state index is 0.184. The van der Waals surface area contributed by atoms with E-state index in [1.807, 2.05) is 0 Å². The summed E-state index contributed by atoms with van der Waals surface area (Å²) in [4.78, 5) is 12.6. The number of carbonyl (C=O) groups is 1. The van der Waals surface area contributed by atoms with Crippen molar-refractivity contribution < 1.29 is 31.1 Å². The number of nitrogens with one attached hydrogen (secondary N) is 1. The van der Waals surface area contributed by atoms with Crippen LogP contribution in [0.2, 0.25) is 5.02 Å². The monoisotopic (exact) mass is 512 g/mol. The number of benzene rings is 3. The van der Waals surface area contributed by atoms with Crippen molar-refractivity contribution in [1.29, 1.82) is 0 Å². The third-order valence-electron chi connectivity index (χ3n) is 4.79. The van der Waals surface area contributed by atoms with Crippen LogP contribution in [0.15, 0.2) is 71.6 Å². The first kappa shape index (κ1) is 25.4. The molecule has 0 saturated heterocycles. The molecule has 0 saturated carbocycles. The van der Waals surface area contributed by atoms with Gasteiger partial charge in [0.2, 0.25) is 5.91 Å². The lowest BCUT2D eigenvalue weighted by atomic mass is 10.2. The normalized spacial score (nSPS) is 11.7. The van der Waals surface area contributed by atoms with E-state index in [4.69, 9.17) is 16.3 Å². The second-order valence-electron chi connectivity index (χ2n) is 7.27. The van der Waals surface area contributed by atoms with Gasteiger partial charge in [-0.3, -0.25) is 9.10 Å². The van der Waals surface area contributed by atoms with Crippen LogP contribution in [0, 0.1) is 6.92 Å². The van der Waals surface area contributed by atoms with Gasteiger partial charge < -0.3 is 10.1 Å². The summed E-state index contributed by atoms with van der Waals surface area (Å²) >= 11 is 5.70. The molecule has 11 heteroatoms. The summed E-state index contributed by atoms with van der Waals surface area (Å²) in [6.07, 6.45) is -4.82. The highest BCUT2D eigenvalue weighted by Gasteiger charge is 2.35. The lowest BCUT2D eigenvalue weighted by Crippen LogP contribution is -2.38. The van der Waals surface area contributed by atoms with Crippen LogP contribution in [0.4, 0.5) is 24.5 Å². The third kappa shape index (κ3) is 5.81. The summed E-state index contributed by atoms with van der Waals surface area (Å²) in [5.41, 5.74) is -0.474. The molecule has 0 heterocycles. The summed E-state index contributed by atoms with van der Waals surface area (Å²) in [7, 11) is -2.97. The highest BCUT2D eigenvalue weighted by atomic mass is 35.5. The van der Waals surface area contributed by atoms with E-state index in [1.54, 1.807) is 37.3 Å². The van der Waals surface area contributed by atoms with E-state index in [-0.39, 0.29) is 10.6 Å². The van der Waals surface area contributed by atoms with Gasteiger partial charge in [0.05, 0.1) is 28.3 Å². The Morgan fingerprint density at radius 1 is 1.06 bits per heavy atom. The molecule has 0 atom stereocenters. The van der Waals surface area contributed by atoms with Crippen LogP contribution in [0.1, 0.15) is 11.1 Å². The summed E-state index contributed by atoms with van der Waals surface area (Å²) in [5, 5.41) is 1.94. The van der Waals surface area contributed by atoms with Crippen LogP contribution in [0.5, 0.6) is 5.75 Å². The minimum Gasteiger partial charge on any atom is -0.497 e. The maximum absolute atomic E-state index is 13.4. The maximum Gasteiger partial charge on any atom is 0.417 e. The Morgan fingerprint density at radius 3 is 2.35 bits per heavy atom. The van der Waals surface area contributed by atoms with Crippen molar-refractivity contribution in [3.63, 3.8) is 0 Å². The molecule has 0 fully saturated rings. The summed E-state index contributed by atoms with van der Waals surface area (Å²) in [6, 6.07) is 14.7. The number of amides is 1. The minimum atomic E-state index is -4.82. The fraction of sp³-hybridized carbons (Fsp3) is 0.174. The van der Waals surface area contributed by atoms with E-state index in [0.29, 0.717) is 21.8 Å². The lowest BCUT2D eigenvalue weighted by molar-refractivity contribution is -0.137. The van der Waals surface area contributed by atoms with Gasteiger partial charge in [-0.15, -0.1) is 0 Å². The molecule has 0 spiro atoms. The quantitative estimate of drug-likeness (QED) is 0.453. The van der Waals surface area contributed by atoms with Crippen molar-refractivity contribution >= 4 is 38.9 Å². The predicted molar refractivity (Wildman–Crippen MR) is 124 cm³/mol. The van der Waals surface area contributed by atoms with Crippen LogP contribution < -0.4 is 14.4 Å². The zero-order valence-corrected chi connectivity index (χ0v) is 19.6. The van der Waals surface area contributed by atoms with E-state index in [1.165, 1.54) is 25.3 Å². The molecule has 0 aromatic heterocycles. The number of nitrogens with zero attached hydrogens (tertiary/aromatic N) is 1. The number of aryl methyl sites for hydroxylation is 1. The van der Waals surface area contributed by atoms with Gasteiger partial charge in [0.25, 0.3) is 10.0 Å². The second-order valence-corrected chi connectivity index (χ2v) is 9.54. The molecule has 0 bridgehead atoms. The molecular weight excluding hydrogens is 493 g/mol. The number of halogens is 4. The van der Waals surface area contributed by atoms with E-state index in [2.05, 4.69) is 5.32 Å². The number of sulfonamides is 1. The predicted octanol–water partition coefficient (Wildman–Crippen LogP) is 5.51. The number of anilines is 2. The smallest absolute Gasteiger partial charge is 0.417 e. The fourth-order valence-electron chi connectivity index (χ4n) is 3.07. The number of alkyl halides is 3. The van der Waals surface area contributed by atoms with E-state index in [9.17, 15) is 26.4 Å². The Balaban J connectivity index is 2.03. The first-order chi connectivity index (χ1) is 15.9. The van der Waals surface area contributed by atoms with Crippen LogP contribution in [0.25, 0.3) is 0 Å². The number of hydrogen-bond donors (Lipinski definition) is 1. The highest BCUT2D eigenvalue weighted by Crippen LogP contribution is 2.38. The number of rotatable bonds is 7. The van der Waals surface area contributed by atoms with Gasteiger partial charge in [0.1, 0.15) is 12.3 Å². The molecule has 0 radical (unpaired) electrons. The average molecular weight is 513 g/mol. The van der Waals surface area contributed by atoms with Gasteiger partial charge in [-0.1, -0.05) is 35.4 Å². The Bertz CT molecular complexity index is 1300. The second kappa shape index (κ2) is 9.94. The molecule has 0 aliphatic rings. The molecule has 34 heavy (non-hydrogen) atoms. The highest BCUT2D eigenvalue weighted by molar-refractivity contribution is 7.92. The van der Waals surface area contributed by atoms with Gasteiger partial charge in [-0.05, 0) is 49.4 Å². The fourth-order valence-corrected chi connectivity index (χ4v) is 4.71. The van der Waals surface area contributed by atoms with Gasteiger partial charge in [0.15, 0.2) is 0 Å². The van der Waals surface area contributed by atoms with Crippen molar-refractivity contribution in [3.05, 3.63) is 82.9 Å². The third-order valence-corrected chi connectivity index (χ3v) is 6.91. The van der Waals surface area contributed by atoms with Crippen molar-refractivity contribution in [2.45, 2.75) is 18.0 Å². The topological polar surface area (TPSA) is 75.7 Å². The van der Waals surface area contributed by atoms with Crippen molar-refractivity contribution in [2.24, 2.45) is 0 Å². The number of carbonyl (C=O) groups excluding carboxylic acids is 1. The number of ether oxygens (including phenoxy) is 1. The molecule has 0 aliphatic heterocycles. The van der Waals surface area contributed by atoms with Gasteiger partial charge in [-0.25, -0.2) is 8.42 Å². The van der Waals surface area contributed by atoms with Crippen LogP contribution in [-0.4, -0.2) is 28.0 Å². The van der Waals surface area contributed by atoms with Gasteiger partial charge >= 0.3 is 6.18 Å². The number of methoxy groups -OCH3 is 1. The van der Waals surface area contributed by atoms with E-state index in [0.717, 1.165) is 17.7 Å². The zero-order chi connectivity index (χ0) is 25.1. The van der Waals surface area contributed by atoms with Crippen LogP contribution in [0.3, 0.4) is 0 Å². The standard InChI is InChI=1S/C23H20ClF3N2O4S/c1-15-6-9-19(10-7-15)34(31,32)29(17-8-11-21(24)20(13-17)23(25,26)27)14-22(30)28-16-4-3-5-18(12-16)33-2/h3-13H,14H2,1-2H3,(H,28,30). The Kier molecular flexibility index (Phi) is 7.42. The Labute approximate surface area is 200 Å². The summed E-state index contributed by atoms with van der Waals surface area (Å²) in [6.45, 7) is 0.969. The molecule has 1 N–H and O–H groups in total.